The largest absolute Gasteiger partial charge is 0.367 e. The van der Waals surface area contributed by atoms with Crippen molar-refractivity contribution in [3.8, 4) is 0 Å². The van der Waals surface area contributed by atoms with Crippen LogP contribution in [0.4, 0.5) is 5.88 Å². The average Bonchev–Trinajstić information content (AvgIpc) is 2.72. The predicted molar refractivity (Wildman–Crippen MR) is 56.0 cm³/mol. The smallest absolute Gasteiger partial charge is 0.225 e. The second-order valence-corrected chi connectivity index (χ2v) is 5.03. The second-order valence-electron chi connectivity index (χ2n) is 5.03. The Morgan fingerprint density at radius 2 is 2.14 bits per heavy atom. The number of nitrogens with zero attached hydrogens (tertiary/aromatic N) is 1. The van der Waals surface area contributed by atoms with Gasteiger partial charge in [0.2, 0.25) is 5.88 Å². The molecule has 14 heavy (non-hydrogen) atoms. The Hall–Kier alpha value is -0.990. The van der Waals surface area contributed by atoms with Gasteiger partial charge >= 0.3 is 0 Å². The van der Waals surface area contributed by atoms with Crippen LogP contribution in [-0.4, -0.2) is 5.16 Å². The fraction of sp³-hybridized carbons (Fsp3) is 0.727. The van der Waals surface area contributed by atoms with Crippen LogP contribution in [0.2, 0.25) is 0 Å². The molecule has 0 radical (unpaired) electrons. The Morgan fingerprint density at radius 3 is 2.64 bits per heavy atom. The molecule has 1 aliphatic rings. The maximum atomic E-state index is 5.78. The van der Waals surface area contributed by atoms with E-state index >= 15 is 0 Å². The third kappa shape index (κ3) is 1.51. The van der Waals surface area contributed by atoms with E-state index in [9.17, 15) is 0 Å². The first kappa shape index (κ1) is 9.56. The highest BCUT2D eigenvalue weighted by molar-refractivity contribution is 5.44. The van der Waals surface area contributed by atoms with Gasteiger partial charge in [0, 0.05) is 11.0 Å². The number of nitrogen functional groups attached to an aromatic ring is 1. The summed E-state index contributed by atoms with van der Waals surface area (Å²) in [7, 11) is 0. The van der Waals surface area contributed by atoms with Crippen LogP contribution >= 0.6 is 0 Å². The number of rotatable bonds is 3. The molecule has 2 N–H and O–H groups in total. The van der Waals surface area contributed by atoms with Crippen molar-refractivity contribution < 1.29 is 4.52 Å². The van der Waals surface area contributed by atoms with Crippen molar-refractivity contribution in [2.45, 2.75) is 45.4 Å². The van der Waals surface area contributed by atoms with Crippen LogP contribution in [0.1, 0.15) is 44.9 Å². The van der Waals surface area contributed by atoms with E-state index in [0.29, 0.717) is 11.8 Å². The topological polar surface area (TPSA) is 52.0 Å². The molecule has 0 aliphatic heterocycles. The molecular formula is C11H18N2O. The molecule has 1 heterocycles. The van der Waals surface area contributed by atoms with Crippen molar-refractivity contribution in [2.75, 3.05) is 5.73 Å². The normalized spacial score (nSPS) is 18.9. The summed E-state index contributed by atoms with van der Waals surface area (Å²) in [6.45, 7) is 6.60. The maximum absolute atomic E-state index is 5.78. The van der Waals surface area contributed by atoms with E-state index in [2.05, 4.69) is 25.9 Å². The van der Waals surface area contributed by atoms with E-state index in [1.165, 1.54) is 12.8 Å². The molecule has 3 heteroatoms. The lowest BCUT2D eigenvalue weighted by Crippen LogP contribution is -2.07. The Bertz CT molecular complexity index is 337. The summed E-state index contributed by atoms with van der Waals surface area (Å²) < 4.78 is 5.09. The lowest BCUT2D eigenvalue weighted by atomic mass is 9.95. The number of nitrogens with two attached hydrogens (primary N) is 1. The molecule has 0 unspecified atom stereocenters. The Labute approximate surface area is 84.7 Å². The van der Waals surface area contributed by atoms with Crippen LogP contribution in [0.15, 0.2) is 4.52 Å². The monoisotopic (exact) mass is 194 g/mol. The summed E-state index contributed by atoms with van der Waals surface area (Å²) in [6.07, 6.45) is 3.40. The van der Waals surface area contributed by atoms with Gasteiger partial charge in [-0.25, -0.2) is 0 Å². The molecule has 78 valence electrons. The third-order valence-corrected chi connectivity index (χ3v) is 3.00. The lowest BCUT2D eigenvalue weighted by molar-refractivity contribution is 0.420. The van der Waals surface area contributed by atoms with Gasteiger partial charge in [0.25, 0.3) is 0 Å². The minimum absolute atomic E-state index is 0.255. The zero-order valence-corrected chi connectivity index (χ0v) is 9.13. The summed E-state index contributed by atoms with van der Waals surface area (Å²) in [5, 5.41) is 4.10. The van der Waals surface area contributed by atoms with Crippen LogP contribution < -0.4 is 5.73 Å². The van der Waals surface area contributed by atoms with Crippen molar-refractivity contribution in [3.63, 3.8) is 0 Å². The molecule has 0 atom stereocenters. The number of anilines is 1. The summed E-state index contributed by atoms with van der Waals surface area (Å²) in [6, 6.07) is 0. The van der Waals surface area contributed by atoms with Crippen molar-refractivity contribution in [1.29, 1.82) is 0 Å². The van der Waals surface area contributed by atoms with Crippen molar-refractivity contribution >= 4 is 5.88 Å². The minimum atomic E-state index is 0.255. The first-order chi connectivity index (χ1) is 6.53. The summed E-state index contributed by atoms with van der Waals surface area (Å²) in [5.74, 6) is 1.11. The van der Waals surface area contributed by atoms with Gasteiger partial charge in [-0.1, -0.05) is 25.9 Å². The molecule has 1 aliphatic carbocycles. The summed E-state index contributed by atoms with van der Waals surface area (Å²) in [4.78, 5) is 0. The third-order valence-electron chi connectivity index (χ3n) is 3.00. The van der Waals surface area contributed by atoms with E-state index in [-0.39, 0.29) is 5.41 Å². The standard InChI is InChI=1S/C11H18N2O/c1-7(2)6-8-9(11(3)4-5-11)13-14-10(8)12/h7H,4-6,12H2,1-3H3. The van der Waals surface area contributed by atoms with Gasteiger partial charge in [0.05, 0.1) is 5.69 Å². The SMILES string of the molecule is CC(C)Cc1c(C2(C)CC2)noc1N. The van der Waals surface area contributed by atoms with Crippen molar-refractivity contribution in [1.82, 2.24) is 5.16 Å². The van der Waals surface area contributed by atoms with Crippen LogP contribution in [0.25, 0.3) is 0 Å². The van der Waals surface area contributed by atoms with E-state index in [1.54, 1.807) is 0 Å². The fourth-order valence-electron chi connectivity index (χ4n) is 1.83. The minimum Gasteiger partial charge on any atom is -0.367 e. The molecule has 0 amide bonds. The van der Waals surface area contributed by atoms with Gasteiger partial charge in [-0.2, -0.15) is 0 Å². The van der Waals surface area contributed by atoms with Crippen LogP contribution in [0, 0.1) is 5.92 Å². The molecule has 0 bridgehead atoms. The number of hydrogen-bond donors (Lipinski definition) is 1. The van der Waals surface area contributed by atoms with Gasteiger partial charge < -0.3 is 10.3 Å². The summed E-state index contributed by atoms with van der Waals surface area (Å²) >= 11 is 0. The first-order valence-corrected chi connectivity index (χ1v) is 5.27. The van der Waals surface area contributed by atoms with Crippen LogP contribution in [-0.2, 0) is 11.8 Å². The van der Waals surface area contributed by atoms with Gasteiger partial charge in [-0.3, -0.25) is 0 Å². The quantitative estimate of drug-likeness (QED) is 0.804. The fourth-order valence-corrected chi connectivity index (χ4v) is 1.83. The number of aromatic nitrogens is 1. The Morgan fingerprint density at radius 1 is 1.50 bits per heavy atom. The number of hydrogen-bond acceptors (Lipinski definition) is 3. The molecular weight excluding hydrogens is 176 g/mol. The highest BCUT2D eigenvalue weighted by Gasteiger charge is 2.44. The lowest BCUT2D eigenvalue weighted by Gasteiger charge is -2.08. The van der Waals surface area contributed by atoms with Crippen molar-refractivity contribution in [3.05, 3.63) is 11.3 Å². The van der Waals surface area contributed by atoms with Gasteiger partial charge in [-0.05, 0) is 25.2 Å². The van der Waals surface area contributed by atoms with Crippen LogP contribution in [0.3, 0.4) is 0 Å². The first-order valence-electron chi connectivity index (χ1n) is 5.27. The molecule has 1 aromatic heterocycles. The highest BCUT2D eigenvalue weighted by atomic mass is 16.5. The van der Waals surface area contributed by atoms with E-state index in [1.807, 2.05) is 0 Å². The summed E-state index contributed by atoms with van der Waals surface area (Å²) in [5.41, 5.74) is 8.28. The van der Waals surface area contributed by atoms with Gasteiger partial charge in [0.15, 0.2) is 0 Å². The highest BCUT2D eigenvalue weighted by Crippen LogP contribution is 2.49. The van der Waals surface area contributed by atoms with Gasteiger partial charge in [-0.15, -0.1) is 0 Å². The molecule has 1 saturated carbocycles. The maximum Gasteiger partial charge on any atom is 0.225 e. The molecule has 1 fully saturated rings. The van der Waals surface area contributed by atoms with E-state index in [0.717, 1.165) is 17.7 Å². The Kier molecular flexibility index (Phi) is 2.05. The zero-order chi connectivity index (χ0) is 10.3. The van der Waals surface area contributed by atoms with Gasteiger partial charge in [0.1, 0.15) is 0 Å². The predicted octanol–water partition coefficient (Wildman–Crippen LogP) is 2.51. The van der Waals surface area contributed by atoms with Crippen LogP contribution in [0.5, 0.6) is 0 Å². The second kappa shape index (κ2) is 3.01. The molecule has 0 aromatic carbocycles. The molecule has 1 aromatic rings. The molecule has 2 rings (SSSR count). The molecule has 0 saturated heterocycles. The van der Waals surface area contributed by atoms with E-state index < -0.39 is 0 Å². The van der Waals surface area contributed by atoms with E-state index in [4.69, 9.17) is 10.3 Å². The molecule has 0 spiro atoms. The Balaban J connectivity index is 2.31. The average molecular weight is 194 g/mol. The zero-order valence-electron chi connectivity index (χ0n) is 9.13. The molecule has 3 nitrogen and oxygen atoms in total. The van der Waals surface area contributed by atoms with Crippen molar-refractivity contribution in [2.24, 2.45) is 5.92 Å².